The second-order valence-corrected chi connectivity index (χ2v) is 4.12. The molecule has 0 aromatic carbocycles. The maximum Gasteiger partial charge on any atom is 0.358 e. The predicted molar refractivity (Wildman–Crippen MR) is 57.2 cm³/mol. The minimum Gasteiger partial charge on any atom is -0.476 e. The van der Waals surface area contributed by atoms with Gasteiger partial charge in [0.2, 0.25) is 0 Å². The highest BCUT2D eigenvalue weighted by Crippen LogP contribution is 2.35. The van der Waals surface area contributed by atoms with Gasteiger partial charge in [0, 0.05) is 12.5 Å². The molecule has 1 fully saturated rings. The topological polar surface area (TPSA) is 94.0 Å². The Morgan fingerprint density at radius 3 is 2.75 bits per heavy atom. The lowest BCUT2D eigenvalue weighted by atomic mass is 10.0. The summed E-state index contributed by atoms with van der Waals surface area (Å²) < 4.78 is 1.65. The zero-order valence-electron chi connectivity index (χ0n) is 9.09. The van der Waals surface area contributed by atoms with Gasteiger partial charge in [0.25, 0.3) is 0 Å². The molecule has 1 aliphatic carbocycles. The van der Waals surface area contributed by atoms with Gasteiger partial charge >= 0.3 is 5.97 Å². The normalized spacial score (nSPS) is 16.8. The average Bonchev–Trinajstić information content (AvgIpc) is 2.84. The molecule has 16 heavy (non-hydrogen) atoms. The Hall–Kier alpha value is -1.43. The van der Waals surface area contributed by atoms with Crippen LogP contribution in [0.1, 0.15) is 47.8 Å². The Morgan fingerprint density at radius 1 is 1.50 bits per heavy atom. The molecule has 0 aliphatic heterocycles. The van der Waals surface area contributed by atoms with Crippen molar-refractivity contribution in [2.24, 2.45) is 5.73 Å². The van der Waals surface area contributed by atoms with Gasteiger partial charge in [-0.25, -0.2) is 9.48 Å². The molecule has 3 N–H and O–H groups in total. The quantitative estimate of drug-likeness (QED) is 0.780. The number of carbonyl (C=O) groups is 1. The highest BCUT2D eigenvalue weighted by molar-refractivity contribution is 5.86. The van der Waals surface area contributed by atoms with E-state index in [-0.39, 0.29) is 11.6 Å². The van der Waals surface area contributed by atoms with Crippen LogP contribution in [0.25, 0.3) is 0 Å². The Kier molecular flexibility index (Phi) is 3.19. The number of nitrogens with zero attached hydrogens (tertiary/aromatic N) is 3. The molecule has 1 aromatic rings. The molecule has 0 atom stereocenters. The highest BCUT2D eigenvalue weighted by atomic mass is 16.4. The van der Waals surface area contributed by atoms with Gasteiger partial charge in [0.05, 0.1) is 12.2 Å². The van der Waals surface area contributed by atoms with Gasteiger partial charge in [0.1, 0.15) is 0 Å². The van der Waals surface area contributed by atoms with Crippen molar-refractivity contribution in [3.05, 3.63) is 11.4 Å². The summed E-state index contributed by atoms with van der Waals surface area (Å²) in [5.41, 5.74) is 6.33. The van der Waals surface area contributed by atoms with Crippen molar-refractivity contribution >= 4 is 5.97 Å². The standard InChI is InChI=1S/C10H16N4O2/c11-5-6-14-9(7-3-1-2-4-7)8(10(15)16)12-13-14/h7H,1-6,11H2,(H,15,16). The van der Waals surface area contributed by atoms with E-state index in [9.17, 15) is 4.79 Å². The van der Waals surface area contributed by atoms with Crippen molar-refractivity contribution in [2.75, 3.05) is 6.54 Å². The summed E-state index contributed by atoms with van der Waals surface area (Å²) in [6.45, 7) is 0.980. The van der Waals surface area contributed by atoms with Gasteiger partial charge in [-0.3, -0.25) is 0 Å². The monoisotopic (exact) mass is 224 g/mol. The molecule has 0 amide bonds. The fraction of sp³-hybridized carbons (Fsp3) is 0.700. The Bertz CT molecular complexity index is 382. The van der Waals surface area contributed by atoms with Crippen molar-refractivity contribution in [2.45, 2.75) is 38.1 Å². The van der Waals surface area contributed by atoms with Crippen LogP contribution in [0.2, 0.25) is 0 Å². The maximum absolute atomic E-state index is 11.0. The summed E-state index contributed by atoms with van der Waals surface area (Å²) in [5.74, 6) is -0.710. The second kappa shape index (κ2) is 4.61. The minimum atomic E-state index is -0.995. The van der Waals surface area contributed by atoms with Crippen LogP contribution in [0.3, 0.4) is 0 Å². The maximum atomic E-state index is 11.0. The number of nitrogens with two attached hydrogens (primary N) is 1. The Labute approximate surface area is 93.4 Å². The Morgan fingerprint density at radius 2 is 2.19 bits per heavy atom. The first kappa shape index (κ1) is 11.1. The molecule has 2 rings (SSSR count). The molecule has 88 valence electrons. The van der Waals surface area contributed by atoms with Crippen molar-refractivity contribution < 1.29 is 9.90 Å². The lowest BCUT2D eigenvalue weighted by Crippen LogP contribution is -2.16. The fourth-order valence-electron chi connectivity index (χ4n) is 2.36. The lowest BCUT2D eigenvalue weighted by molar-refractivity contribution is 0.0688. The van der Waals surface area contributed by atoms with Crippen molar-refractivity contribution in [3.63, 3.8) is 0 Å². The van der Waals surface area contributed by atoms with Gasteiger partial charge in [-0.1, -0.05) is 18.1 Å². The van der Waals surface area contributed by atoms with Crippen LogP contribution in [0.5, 0.6) is 0 Å². The van der Waals surface area contributed by atoms with Crippen LogP contribution in [-0.2, 0) is 6.54 Å². The van der Waals surface area contributed by atoms with Gasteiger partial charge in [-0.05, 0) is 12.8 Å². The van der Waals surface area contributed by atoms with E-state index in [4.69, 9.17) is 10.8 Å². The number of hydrogen-bond acceptors (Lipinski definition) is 4. The molecular weight excluding hydrogens is 208 g/mol. The van der Waals surface area contributed by atoms with Crippen LogP contribution >= 0.6 is 0 Å². The van der Waals surface area contributed by atoms with Crippen molar-refractivity contribution in [1.82, 2.24) is 15.0 Å². The van der Waals surface area contributed by atoms with E-state index in [1.54, 1.807) is 4.68 Å². The largest absolute Gasteiger partial charge is 0.476 e. The number of aromatic nitrogens is 3. The predicted octanol–water partition coefficient (Wildman–Crippen LogP) is 0.593. The molecule has 1 heterocycles. The zero-order valence-corrected chi connectivity index (χ0v) is 9.09. The zero-order chi connectivity index (χ0) is 11.5. The van der Waals surface area contributed by atoms with Crippen molar-refractivity contribution in [3.8, 4) is 0 Å². The molecule has 0 unspecified atom stereocenters. The number of hydrogen-bond donors (Lipinski definition) is 2. The summed E-state index contributed by atoms with van der Waals surface area (Å²) in [6, 6.07) is 0. The molecule has 1 aliphatic rings. The van der Waals surface area contributed by atoms with Crippen LogP contribution < -0.4 is 5.73 Å². The fourth-order valence-corrected chi connectivity index (χ4v) is 2.36. The molecule has 6 nitrogen and oxygen atoms in total. The number of rotatable bonds is 4. The van der Waals surface area contributed by atoms with E-state index >= 15 is 0 Å². The van der Waals surface area contributed by atoms with E-state index in [0.29, 0.717) is 13.1 Å². The Balaban J connectivity index is 2.35. The van der Waals surface area contributed by atoms with Gasteiger partial charge < -0.3 is 10.8 Å². The van der Waals surface area contributed by atoms with E-state index < -0.39 is 5.97 Å². The van der Waals surface area contributed by atoms with Crippen LogP contribution in [0.15, 0.2) is 0 Å². The van der Waals surface area contributed by atoms with Crippen molar-refractivity contribution in [1.29, 1.82) is 0 Å². The van der Waals surface area contributed by atoms with E-state index in [2.05, 4.69) is 10.3 Å². The number of carboxylic acids is 1. The number of aromatic carboxylic acids is 1. The third-order valence-electron chi connectivity index (χ3n) is 3.06. The molecule has 0 saturated heterocycles. The van der Waals surface area contributed by atoms with Gasteiger partial charge in [-0.15, -0.1) is 5.10 Å². The molecule has 0 radical (unpaired) electrons. The molecule has 0 bridgehead atoms. The average molecular weight is 224 g/mol. The first-order chi connectivity index (χ1) is 7.74. The lowest BCUT2D eigenvalue weighted by Gasteiger charge is -2.11. The molecular formula is C10H16N4O2. The van der Waals surface area contributed by atoms with Crippen LogP contribution in [0.4, 0.5) is 0 Å². The summed E-state index contributed by atoms with van der Waals surface area (Å²) in [6.07, 6.45) is 4.35. The second-order valence-electron chi connectivity index (χ2n) is 4.12. The van der Waals surface area contributed by atoms with Gasteiger partial charge in [-0.2, -0.15) is 0 Å². The number of carboxylic acid groups (broad SMARTS) is 1. The van der Waals surface area contributed by atoms with E-state index in [1.807, 2.05) is 0 Å². The first-order valence-electron chi connectivity index (χ1n) is 5.60. The molecule has 1 aromatic heterocycles. The van der Waals surface area contributed by atoms with E-state index in [0.717, 1.165) is 31.4 Å². The summed E-state index contributed by atoms with van der Waals surface area (Å²) >= 11 is 0. The molecule has 6 heteroatoms. The SMILES string of the molecule is NCCn1nnc(C(=O)O)c1C1CCCC1. The third-order valence-corrected chi connectivity index (χ3v) is 3.06. The van der Waals surface area contributed by atoms with Crippen LogP contribution in [0, 0.1) is 0 Å². The summed E-state index contributed by atoms with van der Waals surface area (Å²) in [5, 5.41) is 16.7. The molecule has 0 spiro atoms. The first-order valence-corrected chi connectivity index (χ1v) is 5.60. The van der Waals surface area contributed by atoms with Crippen LogP contribution in [-0.4, -0.2) is 32.6 Å². The molecule has 1 saturated carbocycles. The third kappa shape index (κ3) is 1.92. The van der Waals surface area contributed by atoms with E-state index in [1.165, 1.54) is 0 Å². The van der Waals surface area contributed by atoms with Gasteiger partial charge in [0.15, 0.2) is 5.69 Å². The summed E-state index contributed by atoms with van der Waals surface area (Å²) in [7, 11) is 0. The smallest absolute Gasteiger partial charge is 0.358 e. The minimum absolute atomic E-state index is 0.0975. The summed E-state index contributed by atoms with van der Waals surface area (Å²) in [4.78, 5) is 11.0. The highest BCUT2D eigenvalue weighted by Gasteiger charge is 2.28.